The Morgan fingerprint density at radius 2 is 1.36 bits per heavy atom. The van der Waals surface area contributed by atoms with Gasteiger partial charge in [-0.15, -0.1) is 0 Å². The smallest absolute Gasteiger partial charge is 0.213 e. The van der Waals surface area contributed by atoms with E-state index >= 15 is 0 Å². The maximum absolute atomic E-state index is 13.2. The van der Waals surface area contributed by atoms with Gasteiger partial charge in [0, 0.05) is 44.4 Å². The van der Waals surface area contributed by atoms with Crippen LogP contribution in [-0.2, 0) is 7.05 Å². The van der Waals surface area contributed by atoms with E-state index in [4.69, 9.17) is 0 Å². The number of hydrogen-bond acceptors (Lipinski definition) is 1. The molecule has 0 N–H and O–H groups in total. The standard InChI is InChI=1S/C21H22FN2.HI/c1-15-13-18(16-7-11-20(12-8-16)23(2)3)14-21(24(15)4)17-5-9-19(22)10-6-17;/h5-14H,1-4H3;1H/q+1;/p-1. The summed E-state index contributed by atoms with van der Waals surface area (Å²) in [7, 11) is 6.11. The summed E-state index contributed by atoms with van der Waals surface area (Å²) >= 11 is 0. The van der Waals surface area contributed by atoms with Gasteiger partial charge in [-0.25, -0.2) is 4.39 Å². The van der Waals surface area contributed by atoms with Crippen LogP contribution in [0.1, 0.15) is 5.69 Å². The minimum absolute atomic E-state index is 0. The highest BCUT2D eigenvalue weighted by atomic mass is 127. The molecule has 1 aromatic heterocycles. The molecule has 0 radical (unpaired) electrons. The molecule has 0 bridgehead atoms. The highest BCUT2D eigenvalue weighted by molar-refractivity contribution is 5.70. The second kappa shape index (κ2) is 7.95. The van der Waals surface area contributed by atoms with Gasteiger partial charge in [-0.2, -0.15) is 4.57 Å². The van der Waals surface area contributed by atoms with E-state index in [0.29, 0.717) is 0 Å². The highest BCUT2D eigenvalue weighted by Crippen LogP contribution is 2.26. The van der Waals surface area contributed by atoms with Crippen molar-refractivity contribution in [2.75, 3.05) is 19.0 Å². The molecule has 0 fully saturated rings. The summed E-state index contributed by atoms with van der Waals surface area (Å²) in [6.07, 6.45) is 0. The Bertz CT molecular complexity index is 856. The molecule has 0 amide bonds. The Labute approximate surface area is 166 Å². The van der Waals surface area contributed by atoms with Crippen LogP contribution in [0.2, 0.25) is 0 Å². The number of nitrogens with zero attached hydrogens (tertiary/aromatic N) is 2. The summed E-state index contributed by atoms with van der Waals surface area (Å²) < 4.78 is 15.3. The van der Waals surface area contributed by atoms with Crippen molar-refractivity contribution >= 4 is 5.69 Å². The van der Waals surface area contributed by atoms with Gasteiger partial charge in [0.05, 0.1) is 0 Å². The lowest BCUT2D eigenvalue weighted by molar-refractivity contribution is -0.666. The maximum atomic E-state index is 13.2. The molecule has 25 heavy (non-hydrogen) atoms. The number of anilines is 1. The number of rotatable bonds is 3. The predicted molar refractivity (Wildman–Crippen MR) is 97.5 cm³/mol. The first-order chi connectivity index (χ1) is 11.5. The van der Waals surface area contributed by atoms with E-state index in [1.54, 1.807) is 0 Å². The van der Waals surface area contributed by atoms with Gasteiger partial charge in [-0.05, 0) is 47.5 Å². The Morgan fingerprint density at radius 1 is 0.800 bits per heavy atom. The topological polar surface area (TPSA) is 7.12 Å². The third kappa shape index (κ3) is 4.18. The van der Waals surface area contributed by atoms with Crippen LogP contribution in [0.25, 0.3) is 22.4 Å². The number of hydrogen-bond donors (Lipinski definition) is 0. The molecule has 4 heteroatoms. The third-order valence-electron chi connectivity index (χ3n) is 4.40. The van der Waals surface area contributed by atoms with Gasteiger partial charge >= 0.3 is 0 Å². The van der Waals surface area contributed by atoms with E-state index < -0.39 is 0 Å². The van der Waals surface area contributed by atoms with E-state index in [2.05, 4.69) is 52.8 Å². The molecule has 0 spiro atoms. The van der Waals surface area contributed by atoms with Gasteiger partial charge < -0.3 is 28.9 Å². The number of halogens is 2. The van der Waals surface area contributed by atoms with Crippen molar-refractivity contribution in [1.29, 1.82) is 0 Å². The number of aromatic nitrogens is 1. The molecule has 130 valence electrons. The lowest BCUT2D eigenvalue weighted by Crippen LogP contribution is -3.00. The molecule has 0 aliphatic carbocycles. The molecular formula is C21H22FIN2. The normalized spacial score (nSPS) is 10.3. The first-order valence-corrected chi connectivity index (χ1v) is 8.00. The van der Waals surface area contributed by atoms with Gasteiger partial charge in [0.2, 0.25) is 5.69 Å². The average molecular weight is 448 g/mol. The van der Waals surface area contributed by atoms with Crippen LogP contribution in [0.5, 0.6) is 0 Å². The number of benzene rings is 2. The van der Waals surface area contributed by atoms with Gasteiger partial charge in [-0.1, -0.05) is 12.1 Å². The average Bonchev–Trinajstić information content (AvgIpc) is 2.58. The molecule has 0 aliphatic rings. The van der Waals surface area contributed by atoms with E-state index in [-0.39, 0.29) is 29.8 Å². The van der Waals surface area contributed by atoms with Crippen molar-refractivity contribution < 1.29 is 32.9 Å². The highest BCUT2D eigenvalue weighted by Gasteiger charge is 2.15. The zero-order valence-electron chi connectivity index (χ0n) is 14.9. The fourth-order valence-electron chi connectivity index (χ4n) is 2.81. The summed E-state index contributed by atoms with van der Waals surface area (Å²) in [5, 5.41) is 0. The molecule has 3 rings (SSSR count). The van der Waals surface area contributed by atoms with Crippen LogP contribution >= 0.6 is 0 Å². The van der Waals surface area contributed by atoms with Crippen LogP contribution in [-0.4, -0.2) is 14.1 Å². The van der Waals surface area contributed by atoms with Crippen LogP contribution < -0.4 is 33.4 Å². The first-order valence-electron chi connectivity index (χ1n) is 8.00. The lowest BCUT2D eigenvalue weighted by atomic mass is 10.0. The van der Waals surface area contributed by atoms with E-state index in [9.17, 15) is 4.39 Å². The molecule has 0 saturated heterocycles. The number of aryl methyl sites for hydroxylation is 1. The SMILES string of the molecule is Cc1cc(-c2ccc(N(C)C)cc2)cc(-c2ccc(F)cc2)[n+]1C.[I-]. The van der Waals surface area contributed by atoms with Gasteiger partial charge in [0.1, 0.15) is 12.9 Å². The second-order valence-corrected chi connectivity index (χ2v) is 6.28. The Morgan fingerprint density at radius 3 is 1.92 bits per heavy atom. The van der Waals surface area contributed by atoms with Crippen molar-refractivity contribution in [3.05, 3.63) is 72.2 Å². The maximum Gasteiger partial charge on any atom is 0.213 e. The Balaban J connectivity index is 0.00000225. The largest absolute Gasteiger partial charge is 1.00 e. The van der Waals surface area contributed by atoms with Crippen molar-refractivity contribution in [3.63, 3.8) is 0 Å². The molecule has 0 saturated carbocycles. The quantitative estimate of drug-likeness (QED) is 0.434. The molecule has 0 unspecified atom stereocenters. The Hall–Kier alpha value is -1.95. The monoisotopic (exact) mass is 448 g/mol. The summed E-state index contributed by atoms with van der Waals surface area (Å²) in [6, 6.07) is 19.5. The van der Waals surface area contributed by atoms with E-state index in [1.807, 2.05) is 33.3 Å². The summed E-state index contributed by atoms with van der Waals surface area (Å²) in [5.74, 6) is -0.214. The minimum Gasteiger partial charge on any atom is -1.00 e. The van der Waals surface area contributed by atoms with Gasteiger partial charge in [-0.3, -0.25) is 0 Å². The van der Waals surface area contributed by atoms with Crippen LogP contribution in [0.4, 0.5) is 10.1 Å². The molecule has 1 heterocycles. The van der Waals surface area contributed by atoms with Crippen molar-refractivity contribution in [2.45, 2.75) is 6.92 Å². The predicted octanol–water partition coefficient (Wildman–Crippen LogP) is 1.36. The summed E-state index contributed by atoms with van der Waals surface area (Å²) in [6.45, 7) is 2.09. The fraction of sp³-hybridized carbons (Fsp3) is 0.190. The van der Waals surface area contributed by atoms with Gasteiger partial charge in [0.25, 0.3) is 0 Å². The molecule has 2 nitrogen and oxygen atoms in total. The zero-order chi connectivity index (χ0) is 17.3. The minimum atomic E-state index is -0.214. The van der Waals surface area contributed by atoms with Crippen LogP contribution in [0.15, 0.2) is 60.7 Å². The van der Waals surface area contributed by atoms with Crippen LogP contribution in [0.3, 0.4) is 0 Å². The summed E-state index contributed by atoms with van der Waals surface area (Å²) in [5.41, 5.74) is 6.75. The van der Waals surface area contributed by atoms with Crippen molar-refractivity contribution in [3.8, 4) is 22.4 Å². The van der Waals surface area contributed by atoms with E-state index in [1.165, 1.54) is 23.4 Å². The molecule has 0 atom stereocenters. The molecule has 2 aromatic carbocycles. The van der Waals surface area contributed by atoms with Crippen molar-refractivity contribution in [2.24, 2.45) is 7.05 Å². The molecular weight excluding hydrogens is 426 g/mol. The molecule has 0 aliphatic heterocycles. The lowest BCUT2D eigenvalue weighted by Gasteiger charge is -2.13. The fourth-order valence-corrected chi connectivity index (χ4v) is 2.81. The Kier molecular flexibility index (Phi) is 6.16. The third-order valence-corrected chi connectivity index (χ3v) is 4.40. The molecule has 3 aromatic rings. The van der Waals surface area contributed by atoms with Gasteiger partial charge in [0.15, 0.2) is 5.69 Å². The zero-order valence-corrected chi connectivity index (χ0v) is 17.1. The number of pyridine rings is 1. The first kappa shape index (κ1) is 19.4. The van der Waals surface area contributed by atoms with Crippen molar-refractivity contribution in [1.82, 2.24) is 0 Å². The van der Waals surface area contributed by atoms with Crippen LogP contribution in [0, 0.1) is 12.7 Å². The second-order valence-electron chi connectivity index (χ2n) is 6.28. The van der Waals surface area contributed by atoms with E-state index in [0.717, 1.165) is 22.5 Å². The summed E-state index contributed by atoms with van der Waals surface area (Å²) in [4.78, 5) is 2.09.